The number of pyridine rings is 1. The van der Waals surface area contributed by atoms with Gasteiger partial charge in [-0.05, 0) is 42.5 Å². The second-order valence-corrected chi connectivity index (χ2v) is 10.6. The maximum atomic E-state index is 14.1. The predicted octanol–water partition coefficient (Wildman–Crippen LogP) is 4.83. The van der Waals surface area contributed by atoms with Crippen LogP contribution < -0.4 is 16.6 Å². The number of thiazole rings is 2. The van der Waals surface area contributed by atoms with Crippen LogP contribution in [0.4, 0.5) is 5.82 Å². The summed E-state index contributed by atoms with van der Waals surface area (Å²) in [6.45, 7) is 1.80. The number of benzene rings is 2. The smallest absolute Gasteiger partial charge is 0.274 e. The number of carbonyl (C=O) groups is 1. The highest BCUT2D eigenvalue weighted by Gasteiger charge is 2.22. The lowest BCUT2D eigenvalue weighted by Crippen LogP contribution is -2.33. The molecule has 4 heterocycles. The zero-order valence-electron chi connectivity index (χ0n) is 21.6. The molecule has 0 aliphatic heterocycles. The van der Waals surface area contributed by atoms with Crippen molar-refractivity contribution in [3.63, 3.8) is 0 Å². The van der Waals surface area contributed by atoms with Gasteiger partial charge < -0.3 is 11.1 Å². The van der Waals surface area contributed by atoms with Crippen molar-refractivity contribution in [1.29, 1.82) is 0 Å². The first-order valence-electron chi connectivity index (χ1n) is 12.5. The van der Waals surface area contributed by atoms with Crippen molar-refractivity contribution in [2.75, 3.05) is 5.73 Å². The van der Waals surface area contributed by atoms with Gasteiger partial charge in [0.1, 0.15) is 11.4 Å². The van der Waals surface area contributed by atoms with Gasteiger partial charge in [0, 0.05) is 22.3 Å². The average molecular weight is 576 g/mol. The number of amides is 1. The molecule has 6 aromatic rings. The van der Waals surface area contributed by atoms with E-state index in [0.717, 1.165) is 4.88 Å². The topological polar surface area (TPSA) is 129 Å². The number of aromatic nitrogens is 5. The Hall–Kier alpha value is -5.18. The van der Waals surface area contributed by atoms with Crippen LogP contribution in [0.25, 0.3) is 27.8 Å². The first kappa shape index (κ1) is 26.1. The second-order valence-electron chi connectivity index (χ2n) is 8.99. The number of para-hydroxylation sites is 1. The number of hydrogen-bond acceptors (Lipinski definition) is 9. The molecule has 200 valence electrons. The zero-order chi connectivity index (χ0) is 28.3. The summed E-state index contributed by atoms with van der Waals surface area (Å²) >= 11 is 2.85. The van der Waals surface area contributed by atoms with E-state index in [1.54, 1.807) is 28.7 Å². The Labute approximate surface area is 242 Å². The molecule has 3 N–H and O–H groups in total. The molecule has 4 aromatic heterocycles. The third-order valence-electron chi connectivity index (χ3n) is 6.34. The molecule has 0 aliphatic carbocycles. The summed E-state index contributed by atoms with van der Waals surface area (Å²) in [5.74, 6) is 5.71. The minimum absolute atomic E-state index is 0.00297. The Morgan fingerprint density at radius 3 is 2.63 bits per heavy atom. The Morgan fingerprint density at radius 1 is 1.02 bits per heavy atom. The molecule has 0 spiro atoms. The molecule has 0 radical (unpaired) electrons. The van der Waals surface area contributed by atoms with Crippen molar-refractivity contribution in [3.8, 4) is 28.9 Å². The number of anilines is 1. The van der Waals surface area contributed by atoms with Gasteiger partial charge in [-0.25, -0.2) is 15.0 Å². The van der Waals surface area contributed by atoms with E-state index in [1.165, 1.54) is 28.9 Å². The van der Waals surface area contributed by atoms with Gasteiger partial charge in [0.25, 0.3) is 11.5 Å². The molecule has 1 amide bonds. The number of nitrogen functional groups attached to an aromatic ring is 1. The van der Waals surface area contributed by atoms with Crippen LogP contribution >= 0.6 is 22.7 Å². The van der Waals surface area contributed by atoms with Crippen LogP contribution in [0.3, 0.4) is 0 Å². The molecule has 2 aromatic carbocycles. The molecule has 6 rings (SSSR count). The number of nitrogens with one attached hydrogen (secondary N) is 1. The van der Waals surface area contributed by atoms with Gasteiger partial charge in [0.15, 0.2) is 11.5 Å². The number of nitrogens with two attached hydrogens (primary N) is 1. The van der Waals surface area contributed by atoms with E-state index in [1.807, 2.05) is 60.0 Å². The molecule has 0 unspecified atom stereocenters. The van der Waals surface area contributed by atoms with E-state index < -0.39 is 11.9 Å². The Kier molecular flexibility index (Phi) is 7.08. The largest absolute Gasteiger partial charge is 0.382 e. The second kappa shape index (κ2) is 11.1. The fourth-order valence-corrected chi connectivity index (χ4v) is 5.43. The standard InChI is InChI=1S/C30H21N7O2S2/c1-18(35-29(38)27-28(31)33-14-23(36-27)24-15-40-17-34-24)25-12-20-7-5-6-19(10-11-22-13-32-16-41-22)26(20)30(39)37(25)21-8-3-2-4-9-21/h2-9,12-18H,1H3,(H2,31,33)(H,35,38)/t18-/m1/s1. The van der Waals surface area contributed by atoms with Crippen molar-refractivity contribution < 1.29 is 4.79 Å². The van der Waals surface area contributed by atoms with E-state index in [-0.39, 0.29) is 17.1 Å². The molecule has 41 heavy (non-hydrogen) atoms. The Balaban J connectivity index is 1.44. The highest BCUT2D eigenvalue weighted by Crippen LogP contribution is 2.24. The van der Waals surface area contributed by atoms with Gasteiger partial charge in [0.05, 0.1) is 39.7 Å². The van der Waals surface area contributed by atoms with E-state index in [4.69, 9.17) is 5.73 Å². The molecule has 0 saturated carbocycles. The van der Waals surface area contributed by atoms with Crippen molar-refractivity contribution in [2.45, 2.75) is 13.0 Å². The summed E-state index contributed by atoms with van der Waals surface area (Å²) in [5.41, 5.74) is 12.1. The minimum Gasteiger partial charge on any atom is -0.382 e. The molecule has 0 bridgehead atoms. The highest BCUT2D eigenvalue weighted by atomic mass is 32.1. The maximum Gasteiger partial charge on any atom is 0.274 e. The number of hydrogen-bond donors (Lipinski definition) is 2. The van der Waals surface area contributed by atoms with Crippen molar-refractivity contribution in [1.82, 2.24) is 29.8 Å². The SMILES string of the molecule is C[C@@H](NC(=O)c1nc(-c2cscn2)cnc1N)c1cc2cccc(C#Cc3cncs3)c2c(=O)n1-c1ccccc1. The van der Waals surface area contributed by atoms with Gasteiger partial charge in [-0.15, -0.1) is 22.7 Å². The van der Waals surface area contributed by atoms with Crippen LogP contribution in [0, 0.1) is 11.8 Å². The van der Waals surface area contributed by atoms with E-state index >= 15 is 0 Å². The Bertz CT molecular complexity index is 1990. The van der Waals surface area contributed by atoms with Gasteiger partial charge in [-0.3, -0.25) is 19.1 Å². The summed E-state index contributed by atoms with van der Waals surface area (Å²) in [5, 5.41) is 5.96. The number of rotatable bonds is 5. The normalized spacial score (nSPS) is 11.5. The molecule has 0 aliphatic rings. The first-order valence-corrected chi connectivity index (χ1v) is 14.3. The molecule has 11 heteroatoms. The number of carbonyl (C=O) groups excluding carboxylic acids is 1. The molecular weight excluding hydrogens is 555 g/mol. The Morgan fingerprint density at radius 2 is 1.88 bits per heavy atom. The summed E-state index contributed by atoms with van der Waals surface area (Å²) in [6.07, 6.45) is 3.17. The van der Waals surface area contributed by atoms with E-state index in [2.05, 4.69) is 37.1 Å². The quantitative estimate of drug-likeness (QED) is 0.282. The number of fused-ring (bicyclic) bond motifs is 1. The van der Waals surface area contributed by atoms with Crippen molar-refractivity contribution in [3.05, 3.63) is 116 Å². The summed E-state index contributed by atoms with van der Waals surface area (Å²) in [4.78, 5) is 45.2. The van der Waals surface area contributed by atoms with Crippen LogP contribution in [0.2, 0.25) is 0 Å². The first-order chi connectivity index (χ1) is 20.0. The zero-order valence-corrected chi connectivity index (χ0v) is 23.2. The highest BCUT2D eigenvalue weighted by molar-refractivity contribution is 7.10. The van der Waals surface area contributed by atoms with E-state index in [0.29, 0.717) is 39.1 Å². The lowest BCUT2D eigenvalue weighted by Gasteiger charge is -2.21. The molecular formula is C30H21N7O2S2. The van der Waals surface area contributed by atoms with Crippen LogP contribution in [0.5, 0.6) is 0 Å². The van der Waals surface area contributed by atoms with Crippen LogP contribution in [-0.4, -0.2) is 30.4 Å². The third kappa shape index (κ3) is 5.21. The molecule has 0 saturated heterocycles. The third-order valence-corrected chi connectivity index (χ3v) is 7.62. The van der Waals surface area contributed by atoms with Crippen molar-refractivity contribution in [2.24, 2.45) is 0 Å². The monoisotopic (exact) mass is 575 g/mol. The van der Waals surface area contributed by atoms with Crippen LogP contribution in [0.1, 0.15) is 39.6 Å². The molecule has 1 atom stereocenters. The fraction of sp³-hybridized carbons (Fsp3) is 0.0667. The lowest BCUT2D eigenvalue weighted by molar-refractivity contribution is 0.0934. The van der Waals surface area contributed by atoms with Gasteiger partial charge in [0.2, 0.25) is 0 Å². The average Bonchev–Trinajstić information content (AvgIpc) is 3.72. The van der Waals surface area contributed by atoms with Gasteiger partial charge in [-0.1, -0.05) is 36.3 Å². The fourth-order valence-electron chi connectivity index (χ4n) is 4.42. The molecule has 0 fully saturated rings. The summed E-state index contributed by atoms with van der Waals surface area (Å²) in [7, 11) is 0. The molecule has 9 nitrogen and oxygen atoms in total. The van der Waals surface area contributed by atoms with Crippen molar-refractivity contribution >= 4 is 45.2 Å². The van der Waals surface area contributed by atoms with Crippen LogP contribution in [-0.2, 0) is 0 Å². The number of nitrogens with zero attached hydrogens (tertiary/aromatic N) is 5. The van der Waals surface area contributed by atoms with Crippen LogP contribution in [0.15, 0.2) is 88.2 Å². The summed E-state index contributed by atoms with van der Waals surface area (Å²) in [6, 6.07) is 16.1. The van der Waals surface area contributed by atoms with Gasteiger partial charge >= 0.3 is 0 Å². The maximum absolute atomic E-state index is 14.1. The van der Waals surface area contributed by atoms with E-state index in [9.17, 15) is 9.59 Å². The minimum atomic E-state index is -0.601. The lowest BCUT2D eigenvalue weighted by atomic mass is 10.0. The predicted molar refractivity (Wildman–Crippen MR) is 161 cm³/mol. The van der Waals surface area contributed by atoms with Gasteiger partial charge in [-0.2, -0.15) is 0 Å². The summed E-state index contributed by atoms with van der Waals surface area (Å²) < 4.78 is 1.60.